The number of amides is 1. The molecule has 1 unspecified atom stereocenters. The number of benzene rings is 1. The van der Waals surface area contributed by atoms with E-state index in [0.717, 1.165) is 25.7 Å². The lowest BCUT2D eigenvalue weighted by Crippen LogP contribution is -2.38. The Kier molecular flexibility index (Phi) is 3.37. The van der Waals surface area contributed by atoms with Gasteiger partial charge in [0.05, 0.1) is 17.0 Å². The molecular formula is C15H12F2N2O3S. The first-order valence-corrected chi connectivity index (χ1v) is 8.22. The van der Waals surface area contributed by atoms with Crippen LogP contribution in [0.1, 0.15) is 36.0 Å². The Bertz CT molecular complexity index is 823. The molecule has 0 radical (unpaired) electrons. The van der Waals surface area contributed by atoms with Crippen LogP contribution in [-0.4, -0.2) is 28.0 Å². The Hall–Kier alpha value is -1.96. The summed E-state index contributed by atoms with van der Waals surface area (Å²) in [5.41, 5.74) is -0.792. The van der Waals surface area contributed by atoms with Crippen LogP contribution in [0.2, 0.25) is 0 Å². The fraction of sp³-hybridized carbons (Fsp3) is 0.400. The second-order valence-corrected chi connectivity index (χ2v) is 6.93. The number of halogens is 2. The van der Waals surface area contributed by atoms with Gasteiger partial charge in [0.2, 0.25) is 11.4 Å². The Morgan fingerprint density at radius 2 is 2.09 bits per heavy atom. The average molecular weight is 338 g/mol. The van der Waals surface area contributed by atoms with Gasteiger partial charge in [0.1, 0.15) is 0 Å². The minimum Gasteiger partial charge on any atom is -0.351 e. The number of rotatable bonds is 2. The molecule has 2 heterocycles. The predicted molar refractivity (Wildman–Crippen MR) is 80.8 cm³/mol. The van der Waals surface area contributed by atoms with Gasteiger partial charge in [0.25, 0.3) is 5.24 Å². The van der Waals surface area contributed by atoms with Gasteiger partial charge in [-0.3, -0.25) is 14.5 Å². The first-order valence-electron chi connectivity index (χ1n) is 7.34. The molecule has 2 aliphatic rings. The molecule has 4 rings (SSSR count). The highest BCUT2D eigenvalue weighted by molar-refractivity contribution is 8.14. The highest BCUT2D eigenvalue weighted by atomic mass is 32.2. The lowest BCUT2D eigenvalue weighted by Gasteiger charge is -2.28. The van der Waals surface area contributed by atoms with Crippen molar-refractivity contribution in [2.24, 2.45) is 0 Å². The first-order chi connectivity index (χ1) is 11.1. The number of hydrogen-bond donors (Lipinski definition) is 0. The summed E-state index contributed by atoms with van der Waals surface area (Å²) in [4.78, 5) is 24.8. The highest BCUT2D eigenvalue weighted by Gasteiger charge is 2.44. The van der Waals surface area contributed by atoms with Gasteiger partial charge in [-0.15, -0.1) is 0 Å². The van der Waals surface area contributed by atoms with Gasteiger partial charge in [-0.2, -0.15) is 4.39 Å². The van der Waals surface area contributed by atoms with Crippen molar-refractivity contribution in [1.82, 2.24) is 5.16 Å². The molecule has 120 valence electrons. The van der Waals surface area contributed by atoms with E-state index in [2.05, 4.69) is 5.16 Å². The summed E-state index contributed by atoms with van der Waals surface area (Å²) in [5.74, 6) is -2.37. The van der Waals surface area contributed by atoms with Crippen LogP contribution in [0.15, 0.2) is 10.6 Å². The minimum absolute atomic E-state index is 0.0256. The normalized spacial score (nSPS) is 24.3. The molecule has 0 spiro atoms. The van der Waals surface area contributed by atoms with Crippen LogP contribution >= 0.6 is 11.8 Å². The molecule has 1 aromatic heterocycles. The lowest BCUT2D eigenvalue weighted by molar-refractivity contribution is 0.111. The zero-order valence-corrected chi connectivity index (χ0v) is 12.7. The van der Waals surface area contributed by atoms with E-state index in [4.69, 9.17) is 4.52 Å². The predicted octanol–water partition coefficient (Wildman–Crippen LogP) is 3.90. The number of aromatic nitrogens is 1. The number of nitrogens with zero attached hydrogens (tertiary/aromatic N) is 2. The van der Waals surface area contributed by atoms with Crippen LogP contribution in [0.3, 0.4) is 0 Å². The summed E-state index contributed by atoms with van der Waals surface area (Å²) < 4.78 is 32.6. The Morgan fingerprint density at radius 1 is 1.30 bits per heavy atom. The summed E-state index contributed by atoms with van der Waals surface area (Å²) in [6.07, 6.45) is 4.09. The van der Waals surface area contributed by atoms with Crippen LogP contribution in [0.25, 0.3) is 11.0 Å². The molecule has 8 heteroatoms. The zero-order chi connectivity index (χ0) is 16.1. The third kappa shape index (κ3) is 2.08. The van der Waals surface area contributed by atoms with Crippen molar-refractivity contribution in [3.63, 3.8) is 0 Å². The number of carbonyl (C=O) groups excluding carboxylic acids is 2. The van der Waals surface area contributed by atoms with E-state index in [1.165, 1.54) is 22.7 Å². The molecule has 1 aliphatic carbocycles. The second kappa shape index (κ2) is 5.30. The van der Waals surface area contributed by atoms with E-state index in [0.29, 0.717) is 0 Å². The van der Waals surface area contributed by atoms with Crippen molar-refractivity contribution in [3.05, 3.63) is 23.3 Å². The highest BCUT2D eigenvalue weighted by Crippen LogP contribution is 2.44. The fourth-order valence-electron chi connectivity index (χ4n) is 3.36. The molecule has 1 saturated heterocycles. The van der Waals surface area contributed by atoms with Gasteiger partial charge in [0.15, 0.2) is 17.9 Å². The van der Waals surface area contributed by atoms with Crippen LogP contribution < -0.4 is 4.90 Å². The third-order valence-corrected chi connectivity index (χ3v) is 5.71. The average Bonchev–Trinajstić information content (AvgIpc) is 3.10. The lowest BCUT2D eigenvalue weighted by atomic mass is 9.94. The van der Waals surface area contributed by atoms with Crippen molar-refractivity contribution in [2.45, 2.75) is 37.0 Å². The van der Waals surface area contributed by atoms with E-state index in [9.17, 15) is 18.4 Å². The fourth-order valence-corrected chi connectivity index (χ4v) is 4.65. The van der Waals surface area contributed by atoms with Crippen molar-refractivity contribution in [2.75, 3.05) is 4.90 Å². The molecule has 1 saturated carbocycles. The molecule has 0 bridgehead atoms. The number of carbonyl (C=O) groups is 2. The summed E-state index contributed by atoms with van der Waals surface area (Å²) in [5, 5.41) is 3.94. The molecule has 2 aromatic rings. The Morgan fingerprint density at radius 3 is 2.87 bits per heavy atom. The van der Waals surface area contributed by atoms with Gasteiger partial charge in [0, 0.05) is 5.25 Å². The molecule has 2 atom stereocenters. The molecular weight excluding hydrogens is 326 g/mol. The van der Waals surface area contributed by atoms with E-state index >= 15 is 0 Å². The van der Waals surface area contributed by atoms with Gasteiger partial charge < -0.3 is 4.52 Å². The monoisotopic (exact) mass is 338 g/mol. The second-order valence-electron chi connectivity index (χ2n) is 5.74. The maximum absolute atomic E-state index is 14.0. The molecule has 1 aromatic carbocycles. The SMILES string of the molecule is O=Cc1cc2c(N3C(=O)SC4CCCC[C@@H]43)noc2c(F)c1F. The summed E-state index contributed by atoms with van der Waals surface area (Å²) in [6, 6.07) is 1.16. The topological polar surface area (TPSA) is 63.4 Å². The Balaban J connectivity index is 1.87. The number of hydrogen-bond acceptors (Lipinski definition) is 5. The van der Waals surface area contributed by atoms with E-state index in [1.807, 2.05) is 0 Å². The quantitative estimate of drug-likeness (QED) is 0.777. The number of anilines is 1. The zero-order valence-electron chi connectivity index (χ0n) is 11.9. The maximum atomic E-state index is 14.0. The van der Waals surface area contributed by atoms with Gasteiger partial charge >= 0.3 is 0 Å². The van der Waals surface area contributed by atoms with Gasteiger partial charge in [-0.25, -0.2) is 4.39 Å². The summed E-state index contributed by atoms with van der Waals surface area (Å²) in [7, 11) is 0. The van der Waals surface area contributed by atoms with E-state index in [1.54, 1.807) is 0 Å². The van der Waals surface area contributed by atoms with E-state index < -0.39 is 17.2 Å². The van der Waals surface area contributed by atoms with Crippen molar-refractivity contribution in [1.29, 1.82) is 0 Å². The van der Waals surface area contributed by atoms with E-state index in [-0.39, 0.29) is 39.6 Å². The largest absolute Gasteiger partial charge is 0.351 e. The number of fused-ring (bicyclic) bond motifs is 2. The molecule has 23 heavy (non-hydrogen) atoms. The summed E-state index contributed by atoms with van der Waals surface area (Å²) >= 11 is 1.25. The molecule has 1 amide bonds. The van der Waals surface area contributed by atoms with Crippen molar-refractivity contribution >= 4 is 40.1 Å². The van der Waals surface area contributed by atoms with Crippen LogP contribution in [-0.2, 0) is 0 Å². The minimum atomic E-state index is -1.27. The van der Waals surface area contributed by atoms with Crippen molar-refractivity contribution < 1.29 is 22.9 Å². The number of aldehydes is 1. The van der Waals surface area contributed by atoms with Crippen molar-refractivity contribution in [3.8, 4) is 0 Å². The maximum Gasteiger partial charge on any atom is 0.287 e. The van der Waals surface area contributed by atoms with Crippen LogP contribution in [0.4, 0.5) is 19.4 Å². The molecule has 2 fully saturated rings. The number of thioether (sulfide) groups is 1. The van der Waals surface area contributed by atoms with Crippen LogP contribution in [0, 0.1) is 11.6 Å². The van der Waals surface area contributed by atoms with Gasteiger partial charge in [-0.1, -0.05) is 29.8 Å². The Labute approximate surface area is 134 Å². The smallest absolute Gasteiger partial charge is 0.287 e. The summed E-state index contributed by atoms with van der Waals surface area (Å²) in [6.45, 7) is 0. The first kappa shape index (κ1) is 14.6. The molecule has 1 aliphatic heterocycles. The van der Waals surface area contributed by atoms with Gasteiger partial charge in [-0.05, 0) is 18.9 Å². The third-order valence-electron chi connectivity index (χ3n) is 4.46. The molecule has 5 nitrogen and oxygen atoms in total. The molecule has 0 N–H and O–H groups in total. The standard InChI is InChI=1S/C15H12F2N2O3S/c16-11-7(6-20)5-8-13(12(11)17)22-18-14(8)19-9-3-1-2-4-10(9)23-15(19)21/h5-6,9-10H,1-4H2/t9-,10?/m0/s1. The van der Waals surface area contributed by atoms with Crippen LogP contribution in [0.5, 0.6) is 0 Å².